The van der Waals surface area contributed by atoms with Crippen molar-refractivity contribution in [2.75, 3.05) is 0 Å². The Morgan fingerprint density at radius 2 is 1.73 bits per heavy atom. The molecular weight excluding hydrogens is 180 g/mol. The van der Waals surface area contributed by atoms with Gasteiger partial charge in [0.1, 0.15) is 0 Å². The average Bonchev–Trinajstić information content (AvgIpc) is 2.09. The highest BCUT2D eigenvalue weighted by Crippen LogP contribution is 2.18. The summed E-state index contributed by atoms with van der Waals surface area (Å²) in [7, 11) is 0. The molecule has 0 heteroatoms. The maximum Gasteiger partial charge on any atom is -0.00226 e. The fraction of sp³-hybridized carbons (Fsp3) is 0.467. The zero-order valence-corrected chi connectivity index (χ0v) is 10.6. The molecule has 0 aliphatic carbocycles. The predicted molar refractivity (Wildman–Crippen MR) is 70.9 cm³/mol. The van der Waals surface area contributed by atoms with Crippen LogP contribution in [0, 0.1) is 5.92 Å². The van der Waals surface area contributed by atoms with Gasteiger partial charge in [-0.2, -0.15) is 0 Å². The number of hydrogen-bond donors (Lipinski definition) is 0. The fourth-order valence-electron chi connectivity index (χ4n) is 1.34. The van der Waals surface area contributed by atoms with Crippen molar-refractivity contribution in [3.63, 3.8) is 0 Å². The zero-order valence-electron chi connectivity index (χ0n) is 10.6. The van der Waals surface area contributed by atoms with Crippen LogP contribution >= 0.6 is 0 Å². The Labute approximate surface area is 95.1 Å². The largest absolute Gasteiger partial charge is 0.0995 e. The molecule has 0 aliphatic rings. The normalized spacial score (nSPS) is 12.5. The van der Waals surface area contributed by atoms with Crippen LogP contribution in [0.4, 0.5) is 0 Å². The molecule has 0 bridgehead atoms. The molecule has 0 rings (SSSR count). The summed E-state index contributed by atoms with van der Waals surface area (Å²) in [4.78, 5) is 0. The van der Waals surface area contributed by atoms with Crippen LogP contribution in [0.2, 0.25) is 0 Å². The molecule has 0 N–H and O–H groups in total. The first kappa shape index (κ1) is 14.0. The number of hydrogen-bond acceptors (Lipinski definition) is 0. The zero-order chi connectivity index (χ0) is 11.8. The molecule has 0 saturated heterocycles. The highest BCUT2D eigenvalue weighted by Gasteiger charge is 2.03. The smallest absolute Gasteiger partial charge is 0.00226 e. The van der Waals surface area contributed by atoms with Crippen LogP contribution < -0.4 is 0 Å². The van der Waals surface area contributed by atoms with Crippen molar-refractivity contribution in [3.8, 4) is 0 Å². The summed E-state index contributed by atoms with van der Waals surface area (Å²) in [6, 6.07) is 0. The summed E-state index contributed by atoms with van der Waals surface area (Å²) in [5, 5.41) is 0. The lowest BCUT2D eigenvalue weighted by atomic mass is 9.95. The molecule has 1 unspecified atom stereocenters. The van der Waals surface area contributed by atoms with Crippen molar-refractivity contribution in [1.29, 1.82) is 0 Å². The van der Waals surface area contributed by atoms with E-state index in [9.17, 15) is 0 Å². The topological polar surface area (TPSA) is 0 Å². The lowest BCUT2D eigenvalue weighted by Gasteiger charge is -2.11. The van der Waals surface area contributed by atoms with E-state index in [1.165, 1.54) is 11.1 Å². The van der Waals surface area contributed by atoms with E-state index < -0.39 is 0 Å². The van der Waals surface area contributed by atoms with Crippen molar-refractivity contribution in [1.82, 2.24) is 0 Å². The number of allylic oxidation sites excluding steroid dienone is 6. The summed E-state index contributed by atoms with van der Waals surface area (Å²) >= 11 is 0. The van der Waals surface area contributed by atoms with Crippen molar-refractivity contribution in [2.24, 2.45) is 5.92 Å². The van der Waals surface area contributed by atoms with E-state index in [1.807, 2.05) is 6.92 Å². The third-order valence-corrected chi connectivity index (χ3v) is 2.28. The van der Waals surface area contributed by atoms with Gasteiger partial charge in [0.05, 0.1) is 0 Å². The van der Waals surface area contributed by atoms with Crippen LogP contribution in [-0.2, 0) is 0 Å². The van der Waals surface area contributed by atoms with Crippen LogP contribution in [-0.4, -0.2) is 0 Å². The Balaban J connectivity index is 4.24. The molecule has 0 aromatic heterocycles. The van der Waals surface area contributed by atoms with E-state index in [-0.39, 0.29) is 0 Å². The Hall–Kier alpha value is -1.04. The lowest BCUT2D eigenvalue weighted by Crippen LogP contribution is -1.96. The minimum atomic E-state index is 0.484. The summed E-state index contributed by atoms with van der Waals surface area (Å²) in [5.41, 5.74) is 3.72. The molecule has 1 atom stereocenters. The first-order valence-corrected chi connectivity index (χ1v) is 5.56. The summed E-state index contributed by atoms with van der Waals surface area (Å²) in [6.45, 7) is 16.3. The van der Waals surface area contributed by atoms with Crippen molar-refractivity contribution < 1.29 is 0 Å². The maximum absolute atomic E-state index is 4.03. The van der Waals surface area contributed by atoms with Gasteiger partial charge in [0.15, 0.2) is 0 Å². The molecule has 0 spiro atoms. The van der Waals surface area contributed by atoms with E-state index in [0.717, 1.165) is 18.4 Å². The van der Waals surface area contributed by atoms with Gasteiger partial charge in [0.25, 0.3) is 0 Å². The molecule has 0 heterocycles. The van der Waals surface area contributed by atoms with Crippen molar-refractivity contribution >= 4 is 0 Å². The van der Waals surface area contributed by atoms with Gasteiger partial charge >= 0.3 is 0 Å². The minimum absolute atomic E-state index is 0.484. The van der Waals surface area contributed by atoms with Crippen molar-refractivity contribution in [2.45, 2.75) is 40.5 Å². The van der Waals surface area contributed by atoms with Gasteiger partial charge in [0.2, 0.25) is 0 Å². The van der Waals surface area contributed by atoms with Crippen LogP contribution in [0.3, 0.4) is 0 Å². The summed E-state index contributed by atoms with van der Waals surface area (Å²) in [5.74, 6) is 0.484. The molecular formula is C15H24. The maximum atomic E-state index is 4.03. The molecule has 0 aromatic rings. The fourth-order valence-corrected chi connectivity index (χ4v) is 1.34. The van der Waals surface area contributed by atoms with Gasteiger partial charge in [-0.15, -0.1) is 0 Å². The molecule has 15 heavy (non-hydrogen) atoms. The van der Waals surface area contributed by atoms with Crippen LogP contribution in [0.5, 0.6) is 0 Å². The molecule has 0 nitrogen and oxygen atoms in total. The van der Waals surface area contributed by atoms with Gasteiger partial charge < -0.3 is 0 Å². The standard InChI is InChI=1S/C15H24/c1-12(2)8-7-9-15(14(5)6)11-10-13(3)4/h8,10-11,15H,3,5,7,9H2,1-2,4,6H3/b11-10+. The highest BCUT2D eigenvalue weighted by molar-refractivity contribution is 5.17. The summed E-state index contributed by atoms with van der Waals surface area (Å²) < 4.78 is 0. The van der Waals surface area contributed by atoms with E-state index >= 15 is 0 Å². The Morgan fingerprint density at radius 1 is 1.13 bits per heavy atom. The molecule has 0 saturated carbocycles. The minimum Gasteiger partial charge on any atom is -0.0995 e. The van der Waals surface area contributed by atoms with Gasteiger partial charge in [-0.05, 0) is 46.5 Å². The highest BCUT2D eigenvalue weighted by atomic mass is 14.1. The third kappa shape index (κ3) is 7.99. The molecule has 0 aliphatic heterocycles. The monoisotopic (exact) mass is 204 g/mol. The Bertz CT molecular complexity index is 272. The average molecular weight is 204 g/mol. The van der Waals surface area contributed by atoms with E-state index in [1.54, 1.807) is 0 Å². The SMILES string of the molecule is C=C(C)/C=C/C(CCC=C(C)C)C(=C)C. The quantitative estimate of drug-likeness (QED) is 0.419. The van der Waals surface area contributed by atoms with E-state index in [4.69, 9.17) is 0 Å². The van der Waals surface area contributed by atoms with Crippen LogP contribution in [0.15, 0.2) is 48.1 Å². The van der Waals surface area contributed by atoms with Gasteiger partial charge in [-0.25, -0.2) is 0 Å². The molecule has 0 radical (unpaired) electrons. The third-order valence-electron chi connectivity index (χ3n) is 2.28. The van der Waals surface area contributed by atoms with Gasteiger partial charge in [-0.3, -0.25) is 0 Å². The lowest BCUT2D eigenvalue weighted by molar-refractivity contribution is 0.684. The predicted octanol–water partition coefficient (Wildman–Crippen LogP) is 5.06. The molecule has 0 aromatic carbocycles. The van der Waals surface area contributed by atoms with Gasteiger partial charge in [0, 0.05) is 0 Å². The Kier molecular flexibility index (Phi) is 6.77. The second kappa shape index (κ2) is 7.28. The van der Waals surface area contributed by atoms with E-state index in [2.05, 4.69) is 52.2 Å². The number of rotatable bonds is 6. The Morgan fingerprint density at radius 3 is 2.13 bits per heavy atom. The van der Waals surface area contributed by atoms with Gasteiger partial charge in [-0.1, -0.05) is 48.1 Å². The molecule has 0 amide bonds. The summed E-state index contributed by atoms with van der Waals surface area (Å²) in [6.07, 6.45) is 8.85. The molecule has 84 valence electrons. The molecule has 0 fully saturated rings. The van der Waals surface area contributed by atoms with Crippen LogP contribution in [0.1, 0.15) is 40.5 Å². The first-order valence-electron chi connectivity index (χ1n) is 5.56. The van der Waals surface area contributed by atoms with E-state index in [0.29, 0.717) is 5.92 Å². The van der Waals surface area contributed by atoms with Crippen molar-refractivity contribution in [3.05, 3.63) is 48.1 Å². The van der Waals surface area contributed by atoms with Crippen LogP contribution in [0.25, 0.3) is 0 Å². The second-order valence-corrected chi connectivity index (χ2v) is 4.52. The first-order chi connectivity index (χ1) is 6.93. The second-order valence-electron chi connectivity index (χ2n) is 4.52.